The van der Waals surface area contributed by atoms with Crippen LogP contribution in [0.1, 0.15) is 0 Å². The number of aromatic nitrogens is 4. The van der Waals surface area contributed by atoms with Crippen molar-refractivity contribution in [3.05, 3.63) is 72.2 Å². The molecule has 0 aliphatic carbocycles. The van der Waals surface area contributed by atoms with Crippen LogP contribution in [-0.4, -0.2) is 31.2 Å². The van der Waals surface area contributed by atoms with Crippen molar-refractivity contribution >= 4 is 35.0 Å². The normalized spacial score (nSPS) is 10.9. The van der Waals surface area contributed by atoms with Gasteiger partial charge in [-0.25, -0.2) is 4.68 Å². The molecule has 0 fully saturated rings. The van der Waals surface area contributed by atoms with Crippen molar-refractivity contribution in [2.24, 2.45) is 0 Å². The highest BCUT2D eigenvalue weighted by atomic mass is 35.5. The zero-order valence-electron chi connectivity index (χ0n) is 13.9. The molecule has 4 rings (SSSR count). The van der Waals surface area contributed by atoms with E-state index in [-0.39, 0.29) is 11.7 Å². The first-order valence-corrected chi connectivity index (χ1v) is 9.38. The number of benzene rings is 1. The van der Waals surface area contributed by atoms with Gasteiger partial charge >= 0.3 is 0 Å². The van der Waals surface area contributed by atoms with Crippen molar-refractivity contribution in [2.45, 2.75) is 5.16 Å². The van der Waals surface area contributed by atoms with E-state index in [1.165, 1.54) is 11.8 Å². The lowest BCUT2D eigenvalue weighted by Gasteiger charge is -2.10. The van der Waals surface area contributed by atoms with Gasteiger partial charge < -0.3 is 9.73 Å². The minimum atomic E-state index is -0.149. The van der Waals surface area contributed by atoms with Gasteiger partial charge in [-0.1, -0.05) is 23.4 Å². The molecule has 27 heavy (non-hydrogen) atoms. The lowest BCUT2D eigenvalue weighted by Crippen LogP contribution is -2.15. The average molecular weight is 400 g/mol. The van der Waals surface area contributed by atoms with Crippen LogP contribution in [-0.2, 0) is 4.79 Å². The molecule has 3 heterocycles. The number of anilines is 1. The van der Waals surface area contributed by atoms with Crippen LogP contribution in [0.4, 0.5) is 5.69 Å². The van der Waals surface area contributed by atoms with Crippen molar-refractivity contribution in [1.82, 2.24) is 19.5 Å². The van der Waals surface area contributed by atoms with Gasteiger partial charge in [0.15, 0.2) is 5.76 Å². The van der Waals surface area contributed by atoms with Gasteiger partial charge in [0.25, 0.3) is 0 Å². The van der Waals surface area contributed by atoms with E-state index in [4.69, 9.17) is 16.0 Å². The Labute approximate surface area is 163 Å². The van der Waals surface area contributed by atoms with Crippen molar-refractivity contribution in [2.75, 3.05) is 11.1 Å². The Hall–Kier alpha value is -2.97. The summed E-state index contributed by atoms with van der Waals surface area (Å²) in [5.41, 5.74) is 0.688. The molecule has 0 spiro atoms. The summed E-state index contributed by atoms with van der Waals surface area (Å²) in [6.45, 7) is 0. The highest BCUT2D eigenvalue weighted by Crippen LogP contribution is 2.25. The Morgan fingerprint density at radius 3 is 2.59 bits per heavy atom. The third kappa shape index (κ3) is 3.91. The van der Waals surface area contributed by atoms with Crippen LogP contribution in [0.2, 0.25) is 5.02 Å². The van der Waals surface area contributed by atoms with Crippen molar-refractivity contribution < 1.29 is 9.21 Å². The van der Waals surface area contributed by atoms with Crippen LogP contribution in [0.3, 0.4) is 0 Å². The number of carbonyl (C=O) groups excluding carboxylic acids is 1. The molecule has 9 heteroatoms. The lowest BCUT2D eigenvalue weighted by atomic mass is 10.3. The van der Waals surface area contributed by atoms with Crippen molar-refractivity contribution in [3.63, 3.8) is 0 Å². The van der Waals surface area contributed by atoms with Gasteiger partial charge in [-0.3, -0.25) is 9.47 Å². The van der Waals surface area contributed by atoms with E-state index < -0.39 is 0 Å². The lowest BCUT2D eigenvalue weighted by molar-refractivity contribution is -0.113. The standard InChI is InChI=1S/C18H14ClN5O2S/c19-13-5-7-14(8-6-13)20-16(25)12-27-18-22-21-17(15-4-3-11-26-15)24(18)23-9-1-2-10-23/h1-11H,12H2,(H,20,25). The number of halogens is 1. The molecule has 0 saturated heterocycles. The molecule has 0 atom stereocenters. The summed E-state index contributed by atoms with van der Waals surface area (Å²) in [5, 5.41) is 12.5. The van der Waals surface area contributed by atoms with E-state index >= 15 is 0 Å². The summed E-state index contributed by atoms with van der Waals surface area (Å²) in [4.78, 5) is 12.3. The van der Waals surface area contributed by atoms with E-state index in [0.29, 0.717) is 27.5 Å². The van der Waals surface area contributed by atoms with Gasteiger partial charge in [-0.15, -0.1) is 10.2 Å². The minimum Gasteiger partial charge on any atom is -0.461 e. The fraction of sp³-hybridized carbons (Fsp3) is 0.0556. The highest BCUT2D eigenvalue weighted by Gasteiger charge is 2.18. The van der Waals surface area contributed by atoms with Crippen LogP contribution < -0.4 is 5.32 Å². The predicted molar refractivity (Wildman–Crippen MR) is 104 cm³/mol. The molecule has 0 aliphatic heterocycles. The number of thioether (sulfide) groups is 1. The first-order valence-electron chi connectivity index (χ1n) is 8.02. The first-order chi connectivity index (χ1) is 13.2. The quantitative estimate of drug-likeness (QED) is 0.495. The maximum Gasteiger partial charge on any atom is 0.234 e. The number of nitrogens with zero attached hydrogens (tertiary/aromatic N) is 4. The highest BCUT2D eigenvalue weighted by molar-refractivity contribution is 7.99. The Morgan fingerprint density at radius 1 is 1.11 bits per heavy atom. The van der Waals surface area contributed by atoms with Gasteiger partial charge in [0.05, 0.1) is 12.0 Å². The third-order valence-corrected chi connectivity index (χ3v) is 4.80. The molecular formula is C18H14ClN5O2S. The van der Waals surface area contributed by atoms with Gasteiger partial charge in [-0.05, 0) is 48.5 Å². The van der Waals surface area contributed by atoms with E-state index in [1.54, 1.807) is 41.3 Å². The van der Waals surface area contributed by atoms with Gasteiger partial charge in [0.1, 0.15) is 0 Å². The monoisotopic (exact) mass is 399 g/mol. The number of nitrogens with one attached hydrogen (secondary N) is 1. The maximum atomic E-state index is 12.3. The molecule has 7 nitrogen and oxygen atoms in total. The molecule has 1 aromatic carbocycles. The number of furan rings is 1. The fourth-order valence-electron chi connectivity index (χ4n) is 2.44. The smallest absolute Gasteiger partial charge is 0.234 e. The first kappa shape index (κ1) is 17.4. The van der Waals surface area contributed by atoms with Crippen LogP contribution >= 0.6 is 23.4 Å². The van der Waals surface area contributed by atoms with Crippen LogP contribution in [0, 0.1) is 0 Å². The molecule has 0 unspecified atom stereocenters. The zero-order chi connectivity index (χ0) is 18.6. The van der Waals surface area contributed by atoms with E-state index in [2.05, 4.69) is 15.5 Å². The third-order valence-electron chi connectivity index (χ3n) is 3.63. The van der Waals surface area contributed by atoms with Crippen molar-refractivity contribution in [3.8, 4) is 11.6 Å². The number of hydrogen-bond donors (Lipinski definition) is 1. The number of amides is 1. The molecule has 0 aliphatic rings. The molecule has 1 amide bonds. The topological polar surface area (TPSA) is 77.9 Å². The number of rotatable bonds is 6. The largest absolute Gasteiger partial charge is 0.461 e. The molecule has 4 aromatic rings. The maximum absolute atomic E-state index is 12.3. The summed E-state index contributed by atoms with van der Waals surface area (Å²) < 4.78 is 9.07. The fourth-order valence-corrected chi connectivity index (χ4v) is 3.30. The van der Waals surface area contributed by atoms with Crippen LogP contribution in [0.5, 0.6) is 0 Å². The molecule has 0 radical (unpaired) electrons. The molecule has 3 aromatic heterocycles. The molecule has 0 bridgehead atoms. The van der Waals surface area contributed by atoms with Crippen molar-refractivity contribution in [1.29, 1.82) is 0 Å². The Bertz CT molecular complexity index is 1030. The summed E-state index contributed by atoms with van der Waals surface area (Å²) in [7, 11) is 0. The van der Waals surface area contributed by atoms with Gasteiger partial charge in [-0.2, -0.15) is 0 Å². The average Bonchev–Trinajstić information content (AvgIpc) is 3.42. The summed E-state index contributed by atoms with van der Waals surface area (Å²) in [6, 6.07) is 14.3. The Morgan fingerprint density at radius 2 is 1.89 bits per heavy atom. The summed E-state index contributed by atoms with van der Waals surface area (Å²) >= 11 is 7.14. The second-order valence-corrected chi connectivity index (χ2v) is 6.88. The van der Waals surface area contributed by atoms with E-state index in [0.717, 1.165) is 0 Å². The molecular weight excluding hydrogens is 386 g/mol. The van der Waals surface area contributed by atoms with Gasteiger partial charge in [0.2, 0.25) is 16.9 Å². The zero-order valence-corrected chi connectivity index (χ0v) is 15.5. The van der Waals surface area contributed by atoms with Crippen LogP contribution in [0.25, 0.3) is 11.6 Å². The molecule has 0 saturated carbocycles. The van der Waals surface area contributed by atoms with E-state index in [9.17, 15) is 4.79 Å². The second-order valence-electron chi connectivity index (χ2n) is 5.50. The van der Waals surface area contributed by atoms with E-state index in [1.807, 2.05) is 35.3 Å². The molecule has 136 valence electrons. The SMILES string of the molecule is O=C(CSc1nnc(-c2ccco2)n1-n1cccc1)Nc1ccc(Cl)cc1. The second kappa shape index (κ2) is 7.73. The Balaban J connectivity index is 1.52. The summed E-state index contributed by atoms with van der Waals surface area (Å²) in [5.74, 6) is 1.18. The van der Waals surface area contributed by atoms with Crippen LogP contribution in [0.15, 0.2) is 76.8 Å². The molecule has 1 N–H and O–H groups in total. The van der Waals surface area contributed by atoms with Gasteiger partial charge in [0, 0.05) is 23.1 Å². The minimum absolute atomic E-state index is 0.149. The number of hydrogen-bond acceptors (Lipinski definition) is 5. The number of carbonyl (C=O) groups is 1. The predicted octanol–water partition coefficient (Wildman–Crippen LogP) is 4.04. The Kier molecular flexibility index (Phi) is 4.99. The summed E-state index contributed by atoms with van der Waals surface area (Å²) in [6.07, 6.45) is 5.32.